The van der Waals surface area contributed by atoms with Gasteiger partial charge < -0.3 is 0 Å². The molecule has 0 aromatic heterocycles. The number of hydrogen-bond acceptors (Lipinski definition) is 0. The molecule has 0 heterocycles. The van der Waals surface area contributed by atoms with Crippen molar-refractivity contribution in [2.45, 2.75) is 43.9 Å². The molecule has 0 saturated heterocycles. The van der Waals surface area contributed by atoms with Gasteiger partial charge in [-0.2, -0.15) is 0 Å². The van der Waals surface area contributed by atoms with E-state index in [1.54, 1.807) is 11.1 Å². The van der Waals surface area contributed by atoms with Crippen LogP contribution in [-0.2, 0) is 11.8 Å². The van der Waals surface area contributed by atoms with Gasteiger partial charge in [-0.05, 0) is 54.4 Å². The number of benzene rings is 1. The highest BCUT2D eigenvalue weighted by Gasteiger charge is 2.40. The molecule has 0 N–H and O–H groups in total. The lowest BCUT2D eigenvalue weighted by molar-refractivity contribution is 0.439. The van der Waals surface area contributed by atoms with E-state index in [0.717, 1.165) is 0 Å². The first-order chi connectivity index (χ1) is 6.80. The van der Waals surface area contributed by atoms with Crippen LogP contribution in [0.15, 0.2) is 22.7 Å². The molecule has 2 aliphatic rings. The third-order valence-corrected chi connectivity index (χ3v) is 4.57. The fourth-order valence-electron chi connectivity index (χ4n) is 3.34. The number of aryl methyl sites for hydroxylation is 1. The molecule has 3 rings (SSSR count). The van der Waals surface area contributed by atoms with Crippen LogP contribution in [0.2, 0.25) is 0 Å². The molecule has 0 bridgehead atoms. The first-order valence-electron chi connectivity index (χ1n) is 5.59. The molecule has 1 aromatic rings. The number of fused-ring (bicyclic) bond motifs is 2. The van der Waals surface area contributed by atoms with E-state index in [2.05, 4.69) is 34.1 Å². The Morgan fingerprint density at radius 1 is 1.07 bits per heavy atom. The summed E-state index contributed by atoms with van der Waals surface area (Å²) in [5.41, 5.74) is 3.85. The summed E-state index contributed by atoms with van der Waals surface area (Å²) in [6, 6.07) is 6.87. The standard InChI is InChI=1S/C13H15Br/c14-11-4-3-10-5-8-13(12(10)9-11)6-1-2-7-13/h3-4,9H,1-2,5-8H2. The average molecular weight is 251 g/mol. The summed E-state index contributed by atoms with van der Waals surface area (Å²) in [7, 11) is 0. The minimum absolute atomic E-state index is 0.582. The summed E-state index contributed by atoms with van der Waals surface area (Å²) in [5, 5.41) is 0. The molecule has 1 fully saturated rings. The quantitative estimate of drug-likeness (QED) is 0.648. The van der Waals surface area contributed by atoms with Crippen molar-refractivity contribution >= 4 is 15.9 Å². The van der Waals surface area contributed by atoms with Crippen LogP contribution in [0.5, 0.6) is 0 Å². The van der Waals surface area contributed by atoms with Crippen LogP contribution in [-0.4, -0.2) is 0 Å². The molecule has 1 heteroatoms. The fraction of sp³-hybridized carbons (Fsp3) is 0.538. The zero-order valence-corrected chi connectivity index (χ0v) is 9.94. The largest absolute Gasteiger partial charge is 0.0576 e. The van der Waals surface area contributed by atoms with Crippen LogP contribution >= 0.6 is 15.9 Å². The van der Waals surface area contributed by atoms with Gasteiger partial charge in [0.2, 0.25) is 0 Å². The third kappa shape index (κ3) is 1.18. The van der Waals surface area contributed by atoms with Crippen molar-refractivity contribution in [1.82, 2.24) is 0 Å². The first kappa shape index (κ1) is 8.96. The first-order valence-corrected chi connectivity index (χ1v) is 6.38. The molecule has 0 atom stereocenters. The summed E-state index contributed by atoms with van der Waals surface area (Å²) in [5.74, 6) is 0. The second-order valence-corrected chi connectivity index (χ2v) is 5.70. The molecular formula is C13H15Br. The number of rotatable bonds is 0. The maximum Gasteiger partial charge on any atom is 0.0178 e. The summed E-state index contributed by atoms with van der Waals surface area (Å²) in [4.78, 5) is 0. The Kier molecular flexibility index (Phi) is 1.98. The second kappa shape index (κ2) is 3.10. The summed E-state index contributed by atoms with van der Waals surface area (Å²) in [6.07, 6.45) is 8.44. The molecule has 0 unspecified atom stereocenters. The van der Waals surface area contributed by atoms with Gasteiger partial charge in [-0.3, -0.25) is 0 Å². The maximum absolute atomic E-state index is 3.60. The zero-order valence-electron chi connectivity index (χ0n) is 8.35. The van der Waals surface area contributed by atoms with Crippen LogP contribution in [0.4, 0.5) is 0 Å². The van der Waals surface area contributed by atoms with Gasteiger partial charge in [0.05, 0.1) is 0 Å². The Hall–Kier alpha value is -0.300. The predicted molar refractivity (Wildman–Crippen MR) is 62.6 cm³/mol. The Morgan fingerprint density at radius 2 is 1.86 bits per heavy atom. The van der Waals surface area contributed by atoms with Gasteiger partial charge >= 0.3 is 0 Å². The minimum atomic E-state index is 0.582. The van der Waals surface area contributed by atoms with E-state index in [4.69, 9.17) is 0 Å². The lowest BCUT2D eigenvalue weighted by atomic mass is 9.80. The van der Waals surface area contributed by atoms with Gasteiger partial charge in [-0.25, -0.2) is 0 Å². The molecule has 2 aliphatic carbocycles. The monoisotopic (exact) mass is 250 g/mol. The fourth-order valence-corrected chi connectivity index (χ4v) is 3.70. The van der Waals surface area contributed by atoms with E-state index in [-0.39, 0.29) is 0 Å². The Bertz CT molecular complexity index is 361. The van der Waals surface area contributed by atoms with Crippen molar-refractivity contribution in [3.05, 3.63) is 33.8 Å². The molecule has 1 saturated carbocycles. The van der Waals surface area contributed by atoms with E-state index < -0.39 is 0 Å². The van der Waals surface area contributed by atoms with E-state index in [1.807, 2.05) is 0 Å². The highest BCUT2D eigenvalue weighted by atomic mass is 79.9. The van der Waals surface area contributed by atoms with E-state index >= 15 is 0 Å². The summed E-state index contributed by atoms with van der Waals surface area (Å²) >= 11 is 3.60. The van der Waals surface area contributed by atoms with Crippen molar-refractivity contribution in [2.75, 3.05) is 0 Å². The van der Waals surface area contributed by atoms with E-state index in [9.17, 15) is 0 Å². The highest BCUT2D eigenvalue weighted by Crippen LogP contribution is 2.50. The van der Waals surface area contributed by atoms with Gasteiger partial charge in [0.1, 0.15) is 0 Å². The Morgan fingerprint density at radius 3 is 2.64 bits per heavy atom. The number of halogens is 1. The molecule has 0 amide bonds. The summed E-state index contributed by atoms with van der Waals surface area (Å²) in [6.45, 7) is 0. The van der Waals surface area contributed by atoms with Crippen LogP contribution < -0.4 is 0 Å². The minimum Gasteiger partial charge on any atom is -0.0576 e. The predicted octanol–water partition coefficient (Wildman–Crippen LogP) is 4.21. The highest BCUT2D eigenvalue weighted by molar-refractivity contribution is 9.10. The van der Waals surface area contributed by atoms with Gasteiger partial charge in [0, 0.05) is 4.47 Å². The summed E-state index contributed by atoms with van der Waals surface area (Å²) < 4.78 is 1.25. The van der Waals surface area contributed by atoms with Crippen molar-refractivity contribution in [3.8, 4) is 0 Å². The van der Waals surface area contributed by atoms with Crippen LogP contribution in [0.25, 0.3) is 0 Å². The molecule has 1 spiro atoms. The Labute approximate surface area is 93.8 Å². The van der Waals surface area contributed by atoms with Gasteiger partial charge in [-0.1, -0.05) is 34.8 Å². The van der Waals surface area contributed by atoms with Crippen molar-refractivity contribution in [2.24, 2.45) is 0 Å². The smallest absolute Gasteiger partial charge is 0.0178 e. The molecule has 1 aromatic carbocycles. The van der Waals surface area contributed by atoms with Crippen LogP contribution in [0.1, 0.15) is 43.2 Å². The van der Waals surface area contributed by atoms with Crippen molar-refractivity contribution in [3.63, 3.8) is 0 Å². The second-order valence-electron chi connectivity index (χ2n) is 4.79. The number of hydrogen-bond donors (Lipinski definition) is 0. The average Bonchev–Trinajstić information content (AvgIpc) is 2.77. The van der Waals surface area contributed by atoms with Crippen LogP contribution in [0.3, 0.4) is 0 Å². The van der Waals surface area contributed by atoms with Gasteiger partial charge in [0.25, 0.3) is 0 Å². The SMILES string of the molecule is Brc1ccc2c(c1)C1(CCCC1)CC2. The molecule has 0 nitrogen and oxygen atoms in total. The van der Waals surface area contributed by atoms with Gasteiger partial charge in [0.15, 0.2) is 0 Å². The van der Waals surface area contributed by atoms with E-state index in [1.165, 1.54) is 43.0 Å². The Balaban J connectivity index is 2.12. The normalized spacial score (nSPS) is 22.9. The molecule has 14 heavy (non-hydrogen) atoms. The van der Waals surface area contributed by atoms with Crippen LogP contribution in [0, 0.1) is 0 Å². The van der Waals surface area contributed by atoms with Crippen molar-refractivity contribution in [1.29, 1.82) is 0 Å². The topological polar surface area (TPSA) is 0 Å². The molecule has 0 radical (unpaired) electrons. The molecule has 74 valence electrons. The zero-order chi connectivity index (χ0) is 9.60. The lowest BCUT2D eigenvalue weighted by Gasteiger charge is -2.24. The third-order valence-electron chi connectivity index (χ3n) is 4.08. The lowest BCUT2D eigenvalue weighted by Crippen LogP contribution is -2.17. The maximum atomic E-state index is 3.60. The molecular weight excluding hydrogens is 236 g/mol. The van der Waals surface area contributed by atoms with Crippen molar-refractivity contribution < 1.29 is 0 Å². The van der Waals surface area contributed by atoms with Gasteiger partial charge in [-0.15, -0.1) is 0 Å². The van der Waals surface area contributed by atoms with E-state index in [0.29, 0.717) is 5.41 Å². The molecule has 0 aliphatic heterocycles.